The molecular formula is C8H19O5P. The molecule has 86 valence electrons. The Morgan fingerprint density at radius 3 is 1.86 bits per heavy atom. The van der Waals surface area contributed by atoms with Gasteiger partial charge in [-0.15, -0.1) is 0 Å². The third kappa shape index (κ3) is 17.6. The van der Waals surface area contributed by atoms with Gasteiger partial charge in [-0.25, -0.2) is 0 Å². The molecule has 0 radical (unpaired) electrons. The largest absolute Gasteiger partial charge is 0.466 e. The lowest BCUT2D eigenvalue weighted by molar-refractivity contribution is -0.140. The first-order valence-electron chi connectivity index (χ1n) is 4.57. The lowest BCUT2D eigenvalue weighted by atomic mass is 10.4. The molecule has 0 fully saturated rings. The first-order chi connectivity index (χ1) is 6.37. The number of carbonyl (C=O) groups excluding carboxylic acids is 1. The Labute approximate surface area is 84.6 Å². The molecule has 0 unspecified atom stereocenters. The molecule has 2 N–H and O–H groups in total. The van der Waals surface area contributed by atoms with Crippen molar-refractivity contribution in [2.45, 2.75) is 33.6 Å². The summed E-state index contributed by atoms with van der Waals surface area (Å²) in [7, 11) is -4.23. The fourth-order valence-electron chi connectivity index (χ4n) is 0.375. The van der Waals surface area contributed by atoms with Crippen LogP contribution >= 0.6 is 7.60 Å². The molecule has 0 heterocycles. The summed E-state index contributed by atoms with van der Waals surface area (Å²) in [6.45, 7) is 6.07. The van der Waals surface area contributed by atoms with E-state index in [1.54, 1.807) is 6.92 Å². The summed E-state index contributed by atoms with van der Waals surface area (Å²) in [6, 6.07) is 0. The molecule has 6 heteroatoms. The number of hydrogen-bond donors (Lipinski definition) is 2. The molecule has 0 rings (SSSR count). The smallest absolute Gasteiger partial charge is 0.336 e. The van der Waals surface area contributed by atoms with Crippen LogP contribution in [-0.4, -0.2) is 28.5 Å². The molecule has 0 saturated carbocycles. The van der Waals surface area contributed by atoms with Gasteiger partial charge in [0, 0.05) is 0 Å². The average molecular weight is 226 g/mol. The van der Waals surface area contributed by atoms with Gasteiger partial charge < -0.3 is 14.5 Å². The van der Waals surface area contributed by atoms with Crippen molar-refractivity contribution in [3.05, 3.63) is 0 Å². The Bertz CT molecular complexity index is 184. The summed E-state index contributed by atoms with van der Waals surface area (Å²) in [4.78, 5) is 26.8. The molecule has 0 aliphatic heterocycles. The fourth-order valence-corrected chi connectivity index (χ4v) is 0.802. The maximum absolute atomic E-state index is 10.3. The van der Waals surface area contributed by atoms with E-state index in [0.717, 1.165) is 0 Å². The van der Waals surface area contributed by atoms with E-state index in [-0.39, 0.29) is 6.61 Å². The first kappa shape index (κ1) is 16.1. The Balaban J connectivity index is 0. The number of ether oxygens (including phenoxy) is 1. The maximum atomic E-state index is 10.3. The van der Waals surface area contributed by atoms with Gasteiger partial charge in [-0.3, -0.25) is 9.36 Å². The molecule has 14 heavy (non-hydrogen) atoms. The van der Waals surface area contributed by atoms with E-state index in [1.807, 2.05) is 0 Å². The van der Waals surface area contributed by atoms with Crippen LogP contribution in [0.2, 0.25) is 0 Å². The van der Waals surface area contributed by atoms with Gasteiger partial charge in [0.05, 0.1) is 6.61 Å². The minimum Gasteiger partial charge on any atom is -0.466 e. The van der Waals surface area contributed by atoms with Crippen LogP contribution in [-0.2, 0) is 14.1 Å². The quantitative estimate of drug-likeness (QED) is 0.561. The topological polar surface area (TPSA) is 83.8 Å². The molecule has 0 spiro atoms. The predicted molar refractivity (Wildman–Crippen MR) is 54.1 cm³/mol. The zero-order chi connectivity index (χ0) is 11.6. The zero-order valence-electron chi connectivity index (χ0n) is 8.89. The maximum Gasteiger partial charge on any atom is 0.336 e. The highest BCUT2D eigenvalue weighted by Gasteiger charge is 2.19. The number of rotatable bonds is 4. The molecule has 0 aromatic carbocycles. The van der Waals surface area contributed by atoms with E-state index < -0.39 is 19.7 Å². The van der Waals surface area contributed by atoms with Crippen molar-refractivity contribution < 1.29 is 23.9 Å². The van der Waals surface area contributed by atoms with Gasteiger partial charge in [-0.05, 0) is 6.92 Å². The molecule has 0 aliphatic rings. The SMILES string of the molecule is CCCC.CCOC(=O)CP(=O)(O)O. The van der Waals surface area contributed by atoms with Crippen molar-refractivity contribution in [2.75, 3.05) is 12.8 Å². The van der Waals surface area contributed by atoms with Crippen molar-refractivity contribution in [2.24, 2.45) is 0 Å². The van der Waals surface area contributed by atoms with Crippen molar-refractivity contribution in [3.8, 4) is 0 Å². The van der Waals surface area contributed by atoms with Crippen molar-refractivity contribution in [1.82, 2.24) is 0 Å². The molecule has 0 aromatic heterocycles. The highest BCUT2D eigenvalue weighted by atomic mass is 31.2. The van der Waals surface area contributed by atoms with Crippen LogP contribution in [0, 0.1) is 0 Å². The number of carbonyl (C=O) groups is 1. The van der Waals surface area contributed by atoms with Crippen molar-refractivity contribution in [1.29, 1.82) is 0 Å². The number of unbranched alkanes of at least 4 members (excludes halogenated alkanes) is 1. The second-order valence-corrected chi connectivity index (χ2v) is 4.27. The standard InChI is InChI=1S/C4H9O5P.C4H10/c1-2-9-4(5)3-10(6,7)8;1-3-4-2/h2-3H2,1H3,(H2,6,7,8);3-4H2,1-2H3. The number of hydrogen-bond acceptors (Lipinski definition) is 3. The predicted octanol–water partition coefficient (Wildman–Crippen LogP) is 1.53. The Hall–Kier alpha value is -0.380. The highest BCUT2D eigenvalue weighted by molar-refractivity contribution is 7.52. The van der Waals surface area contributed by atoms with Crippen molar-refractivity contribution in [3.63, 3.8) is 0 Å². The van der Waals surface area contributed by atoms with Gasteiger partial charge in [0.1, 0.15) is 6.16 Å². The number of esters is 1. The summed E-state index contributed by atoms with van der Waals surface area (Å²) in [6.07, 6.45) is 1.81. The van der Waals surface area contributed by atoms with E-state index >= 15 is 0 Å². The molecule has 0 atom stereocenters. The second kappa shape index (κ2) is 9.19. The molecule has 0 aliphatic carbocycles. The van der Waals surface area contributed by atoms with Crippen LogP contribution in [0.5, 0.6) is 0 Å². The minimum absolute atomic E-state index is 0.138. The first-order valence-corrected chi connectivity index (χ1v) is 6.37. The van der Waals surface area contributed by atoms with Crippen LogP contribution in [0.4, 0.5) is 0 Å². The highest BCUT2D eigenvalue weighted by Crippen LogP contribution is 2.33. The third-order valence-electron chi connectivity index (χ3n) is 1.14. The van der Waals surface area contributed by atoms with Crippen LogP contribution in [0.15, 0.2) is 0 Å². The van der Waals surface area contributed by atoms with Gasteiger partial charge in [0.25, 0.3) is 0 Å². The summed E-state index contributed by atoms with van der Waals surface area (Å²) < 4.78 is 14.4. The Morgan fingerprint density at radius 1 is 1.21 bits per heavy atom. The lowest BCUT2D eigenvalue weighted by Gasteiger charge is -2.01. The van der Waals surface area contributed by atoms with Crippen LogP contribution in [0.25, 0.3) is 0 Å². The van der Waals surface area contributed by atoms with Gasteiger partial charge >= 0.3 is 13.6 Å². The van der Waals surface area contributed by atoms with Gasteiger partial charge in [0.15, 0.2) is 0 Å². The molecular weight excluding hydrogens is 207 g/mol. The Kier molecular flexibility index (Phi) is 10.5. The molecule has 5 nitrogen and oxygen atoms in total. The van der Waals surface area contributed by atoms with Gasteiger partial charge in [-0.1, -0.05) is 26.7 Å². The molecule has 0 saturated heterocycles. The monoisotopic (exact) mass is 226 g/mol. The summed E-state index contributed by atoms with van der Waals surface area (Å²) >= 11 is 0. The lowest BCUT2D eigenvalue weighted by Crippen LogP contribution is -2.09. The van der Waals surface area contributed by atoms with Gasteiger partial charge in [-0.2, -0.15) is 0 Å². The summed E-state index contributed by atoms with van der Waals surface area (Å²) in [5, 5.41) is 0. The Morgan fingerprint density at radius 2 is 1.64 bits per heavy atom. The van der Waals surface area contributed by atoms with Gasteiger partial charge in [0.2, 0.25) is 0 Å². The summed E-state index contributed by atoms with van der Waals surface area (Å²) in [5.41, 5.74) is 0. The average Bonchev–Trinajstić information content (AvgIpc) is 2.02. The molecule has 0 amide bonds. The van der Waals surface area contributed by atoms with E-state index in [2.05, 4.69) is 18.6 Å². The minimum atomic E-state index is -4.23. The van der Waals surface area contributed by atoms with E-state index in [0.29, 0.717) is 0 Å². The normalized spacial score (nSPS) is 10.1. The molecule has 0 bridgehead atoms. The molecule has 0 aromatic rings. The zero-order valence-corrected chi connectivity index (χ0v) is 9.79. The van der Waals surface area contributed by atoms with Crippen LogP contribution in [0.1, 0.15) is 33.6 Å². The van der Waals surface area contributed by atoms with Crippen LogP contribution < -0.4 is 0 Å². The van der Waals surface area contributed by atoms with Crippen molar-refractivity contribution >= 4 is 13.6 Å². The van der Waals surface area contributed by atoms with Crippen LogP contribution in [0.3, 0.4) is 0 Å². The van der Waals surface area contributed by atoms with E-state index in [4.69, 9.17) is 9.79 Å². The second-order valence-electron chi connectivity index (χ2n) is 2.63. The van der Waals surface area contributed by atoms with E-state index in [9.17, 15) is 9.36 Å². The third-order valence-corrected chi connectivity index (χ3v) is 1.81. The fraction of sp³-hybridized carbons (Fsp3) is 0.875. The van der Waals surface area contributed by atoms with E-state index in [1.165, 1.54) is 12.8 Å². The summed E-state index contributed by atoms with van der Waals surface area (Å²) in [5.74, 6) is -0.865.